The largest absolute Gasteiger partial charge is 0.340 e. The van der Waals surface area contributed by atoms with Gasteiger partial charge in [0.05, 0.1) is 0 Å². The van der Waals surface area contributed by atoms with Crippen molar-refractivity contribution in [3.8, 4) is 0 Å². The molecule has 7 heteroatoms. The van der Waals surface area contributed by atoms with E-state index >= 15 is 0 Å². The Bertz CT molecular complexity index is 328. The van der Waals surface area contributed by atoms with Crippen molar-refractivity contribution in [1.29, 1.82) is 0 Å². The second-order valence-electron chi connectivity index (χ2n) is 6.34. The van der Waals surface area contributed by atoms with E-state index in [2.05, 4.69) is 15.1 Å². The molecule has 3 aliphatic rings. The molecule has 0 aromatic carbocycles. The molecule has 1 aliphatic carbocycles. The van der Waals surface area contributed by atoms with Crippen LogP contribution in [-0.4, -0.2) is 85.6 Å². The van der Waals surface area contributed by atoms with Crippen LogP contribution in [0.3, 0.4) is 0 Å². The summed E-state index contributed by atoms with van der Waals surface area (Å²) < 4.78 is 0. The Morgan fingerprint density at radius 2 is 1.59 bits per heavy atom. The normalized spacial score (nSPS) is 24.1. The maximum absolute atomic E-state index is 12.1. The summed E-state index contributed by atoms with van der Waals surface area (Å²) in [6.45, 7) is 9.30. The molecule has 0 spiro atoms. The van der Waals surface area contributed by atoms with Crippen molar-refractivity contribution in [3.05, 3.63) is 0 Å². The Morgan fingerprint density at radius 3 is 2.14 bits per heavy atom. The second-order valence-corrected chi connectivity index (χ2v) is 6.34. The predicted molar refractivity (Wildman–Crippen MR) is 94.2 cm³/mol. The summed E-state index contributed by atoms with van der Waals surface area (Å²) in [5.41, 5.74) is 0. The van der Waals surface area contributed by atoms with E-state index in [1.807, 2.05) is 4.90 Å². The number of hydrogen-bond acceptors (Lipinski definition) is 4. The molecule has 1 N–H and O–H groups in total. The molecule has 3 rings (SSSR count). The second kappa shape index (κ2) is 9.93. The highest BCUT2D eigenvalue weighted by Gasteiger charge is 2.28. The molecule has 0 radical (unpaired) electrons. The molecule has 0 unspecified atom stereocenters. The third-order valence-corrected chi connectivity index (χ3v) is 5.11. The maximum atomic E-state index is 12.1. The first-order valence-corrected chi connectivity index (χ1v) is 8.28. The van der Waals surface area contributed by atoms with Gasteiger partial charge in [-0.15, -0.1) is 24.8 Å². The number of nitrogens with one attached hydrogen (secondary N) is 1. The van der Waals surface area contributed by atoms with Crippen LogP contribution in [-0.2, 0) is 4.79 Å². The molecule has 2 heterocycles. The Hall–Kier alpha value is -0.0700. The number of carbonyl (C=O) groups excluding carboxylic acids is 1. The van der Waals surface area contributed by atoms with Crippen LogP contribution in [0, 0.1) is 0 Å². The summed E-state index contributed by atoms with van der Waals surface area (Å²) in [7, 11) is 0. The average molecular weight is 353 g/mol. The molecule has 0 bridgehead atoms. The number of piperazine rings is 2. The van der Waals surface area contributed by atoms with Gasteiger partial charge in [-0.2, -0.15) is 0 Å². The molecular formula is C15H30Cl2N4O. The lowest BCUT2D eigenvalue weighted by Gasteiger charge is -2.43. The molecule has 5 nitrogen and oxygen atoms in total. The lowest BCUT2D eigenvalue weighted by atomic mass is 9.91. The summed E-state index contributed by atoms with van der Waals surface area (Å²) in [6.07, 6.45) is 4.93. The van der Waals surface area contributed by atoms with Crippen LogP contribution in [0.2, 0.25) is 0 Å². The molecule has 22 heavy (non-hydrogen) atoms. The summed E-state index contributed by atoms with van der Waals surface area (Å²) >= 11 is 0. The van der Waals surface area contributed by atoms with Crippen LogP contribution in [0.25, 0.3) is 0 Å². The molecule has 2 aliphatic heterocycles. The number of halogens is 2. The molecular weight excluding hydrogens is 323 g/mol. The minimum atomic E-state index is 0. The SMILES string of the molecule is Cl.Cl.O=C(CCN1CCN(C2CCC2)CC1)N1CCNCC1. The molecule has 3 fully saturated rings. The monoisotopic (exact) mass is 352 g/mol. The molecule has 1 saturated carbocycles. The van der Waals surface area contributed by atoms with Gasteiger partial charge in [0.2, 0.25) is 5.91 Å². The predicted octanol–water partition coefficient (Wildman–Crippen LogP) is 0.822. The van der Waals surface area contributed by atoms with E-state index in [4.69, 9.17) is 0 Å². The van der Waals surface area contributed by atoms with Crippen molar-refractivity contribution in [3.63, 3.8) is 0 Å². The topological polar surface area (TPSA) is 38.8 Å². The van der Waals surface area contributed by atoms with Crippen LogP contribution < -0.4 is 5.32 Å². The fourth-order valence-electron chi connectivity index (χ4n) is 3.43. The highest BCUT2D eigenvalue weighted by Crippen LogP contribution is 2.25. The molecule has 0 aromatic heterocycles. The van der Waals surface area contributed by atoms with E-state index in [-0.39, 0.29) is 24.8 Å². The summed E-state index contributed by atoms with van der Waals surface area (Å²) in [5.74, 6) is 0.341. The van der Waals surface area contributed by atoms with E-state index in [1.54, 1.807) is 0 Å². The number of amides is 1. The molecule has 1 amide bonds. The van der Waals surface area contributed by atoms with Crippen LogP contribution in [0.4, 0.5) is 0 Å². The Morgan fingerprint density at radius 1 is 0.955 bits per heavy atom. The smallest absolute Gasteiger partial charge is 0.223 e. The third-order valence-electron chi connectivity index (χ3n) is 5.11. The van der Waals surface area contributed by atoms with Gasteiger partial charge in [0.25, 0.3) is 0 Å². The molecule has 0 aromatic rings. The first-order chi connectivity index (χ1) is 9.83. The summed E-state index contributed by atoms with van der Waals surface area (Å²) in [4.78, 5) is 19.3. The van der Waals surface area contributed by atoms with E-state index in [0.717, 1.165) is 51.9 Å². The van der Waals surface area contributed by atoms with Crippen molar-refractivity contribution in [2.75, 3.05) is 58.9 Å². The van der Waals surface area contributed by atoms with Crippen molar-refractivity contribution >= 4 is 30.7 Å². The van der Waals surface area contributed by atoms with Gasteiger partial charge < -0.3 is 15.1 Å². The van der Waals surface area contributed by atoms with Crippen LogP contribution >= 0.6 is 24.8 Å². The first-order valence-electron chi connectivity index (χ1n) is 8.28. The van der Waals surface area contributed by atoms with Gasteiger partial charge in [-0.25, -0.2) is 0 Å². The first kappa shape index (κ1) is 20.0. The average Bonchev–Trinajstić information content (AvgIpc) is 2.45. The number of rotatable bonds is 4. The maximum Gasteiger partial charge on any atom is 0.223 e. The van der Waals surface area contributed by atoms with Crippen LogP contribution in [0.1, 0.15) is 25.7 Å². The zero-order valence-corrected chi connectivity index (χ0v) is 15.0. The number of hydrogen-bond donors (Lipinski definition) is 1. The van der Waals surface area contributed by atoms with Gasteiger partial charge in [-0.3, -0.25) is 9.69 Å². The lowest BCUT2D eigenvalue weighted by molar-refractivity contribution is -0.132. The molecule has 2 saturated heterocycles. The van der Waals surface area contributed by atoms with Crippen molar-refractivity contribution in [2.24, 2.45) is 0 Å². The van der Waals surface area contributed by atoms with Crippen molar-refractivity contribution in [1.82, 2.24) is 20.0 Å². The number of nitrogens with zero attached hydrogens (tertiary/aromatic N) is 3. The highest BCUT2D eigenvalue weighted by atomic mass is 35.5. The van der Waals surface area contributed by atoms with Gasteiger partial charge in [0, 0.05) is 71.4 Å². The fraction of sp³-hybridized carbons (Fsp3) is 0.933. The molecule has 0 atom stereocenters. The van der Waals surface area contributed by atoms with Gasteiger partial charge in [-0.1, -0.05) is 6.42 Å². The minimum absolute atomic E-state index is 0. The quantitative estimate of drug-likeness (QED) is 0.812. The van der Waals surface area contributed by atoms with Gasteiger partial charge in [0.15, 0.2) is 0 Å². The van der Waals surface area contributed by atoms with Crippen molar-refractivity contribution in [2.45, 2.75) is 31.7 Å². The number of carbonyl (C=O) groups is 1. The fourth-order valence-corrected chi connectivity index (χ4v) is 3.43. The Kier molecular flexibility index (Phi) is 9.02. The molecule has 130 valence electrons. The third kappa shape index (κ3) is 5.24. The lowest BCUT2D eigenvalue weighted by Crippen LogP contribution is -2.53. The van der Waals surface area contributed by atoms with E-state index < -0.39 is 0 Å². The Labute approximate surface area is 146 Å². The van der Waals surface area contributed by atoms with E-state index in [0.29, 0.717) is 12.3 Å². The van der Waals surface area contributed by atoms with E-state index in [9.17, 15) is 4.79 Å². The standard InChI is InChI=1S/C15H28N4O.2ClH/c20-15(19-8-5-16-6-9-19)4-7-17-10-12-18(13-11-17)14-2-1-3-14;;/h14,16H,1-13H2;2*1H. The highest BCUT2D eigenvalue weighted by molar-refractivity contribution is 5.85. The van der Waals surface area contributed by atoms with Crippen molar-refractivity contribution < 1.29 is 4.79 Å². The van der Waals surface area contributed by atoms with Crippen LogP contribution in [0.5, 0.6) is 0 Å². The minimum Gasteiger partial charge on any atom is -0.340 e. The van der Waals surface area contributed by atoms with E-state index in [1.165, 1.54) is 32.4 Å². The summed E-state index contributed by atoms with van der Waals surface area (Å²) in [5, 5.41) is 3.29. The van der Waals surface area contributed by atoms with Crippen LogP contribution in [0.15, 0.2) is 0 Å². The van der Waals surface area contributed by atoms with Gasteiger partial charge in [0.1, 0.15) is 0 Å². The Balaban J connectivity index is 0.00000121. The van der Waals surface area contributed by atoms with Gasteiger partial charge in [-0.05, 0) is 12.8 Å². The summed E-state index contributed by atoms with van der Waals surface area (Å²) in [6, 6.07) is 0.875. The zero-order valence-electron chi connectivity index (χ0n) is 13.3. The zero-order chi connectivity index (χ0) is 13.8. The van der Waals surface area contributed by atoms with Gasteiger partial charge >= 0.3 is 0 Å².